The lowest BCUT2D eigenvalue weighted by Gasteiger charge is -2.37. The van der Waals surface area contributed by atoms with Crippen LogP contribution in [0.3, 0.4) is 0 Å². The molecule has 3 fully saturated rings. The minimum atomic E-state index is -0.414. The maximum Gasteiger partial charge on any atom is 0.239 e. The number of hydrogen-bond donors (Lipinski definition) is 2. The van der Waals surface area contributed by atoms with Crippen LogP contribution in [0.25, 0.3) is 0 Å². The zero-order chi connectivity index (χ0) is 17.8. The summed E-state index contributed by atoms with van der Waals surface area (Å²) in [6.45, 7) is 3.76. The number of rotatable bonds is 4. The Morgan fingerprint density at radius 2 is 1.70 bits per heavy atom. The van der Waals surface area contributed by atoms with Crippen LogP contribution < -0.4 is 5.32 Å². The van der Waals surface area contributed by atoms with Crippen molar-refractivity contribution in [3.8, 4) is 0 Å². The normalized spacial score (nSPS) is 26.8. The van der Waals surface area contributed by atoms with E-state index >= 15 is 0 Å². The first kappa shape index (κ1) is 24.4. The molecule has 7 nitrogen and oxygen atoms in total. The molecule has 2 unspecified atom stereocenters. The van der Waals surface area contributed by atoms with Crippen LogP contribution in [0.15, 0.2) is 0 Å². The summed E-state index contributed by atoms with van der Waals surface area (Å²) in [5.41, 5.74) is 0. The standard InChI is InChI=1S/C18H32N4O3.2ClH/c1-20(14-5-3-2-4-6-14)17(24)13-21-7-9-22(10-8-21)18(25)16-11-15(23)12-19-16;;/h14-16,19,23H,2-13H2,1H3;2*1H. The van der Waals surface area contributed by atoms with E-state index in [0.717, 1.165) is 25.9 Å². The van der Waals surface area contributed by atoms with E-state index in [9.17, 15) is 14.7 Å². The molecular formula is C18H34Cl2N4O3. The molecule has 158 valence electrons. The second-order valence-electron chi connectivity index (χ2n) is 7.75. The highest BCUT2D eigenvalue weighted by molar-refractivity contribution is 5.85. The summed E-state index contributed by atoms with van der Waals surface area (Å²) in [6, 6.07) is 0.157. The number of halogens is 2. The van der Waals surface area contributed by atoms with Crippen LogP contribution in [-0.4, -0.2) is 96.1 Å². The molecule has 1 aliphatic carbocycles. The zero-order valence-corrected chi connectivity index (χ0v) is 17.8. The number of nitrogens with zero attached hydrogens (tertiary/aromatic N) is 3. The highest BCUT2D eigenvalue weighted by Crippen LogP contribution is 2.22. The topological polar surface area (TPSA) is 76.1 Å². The summed E-state index contributed by atoms with van der Waals surface area (Å²) < 4.78 is 0. The van der Waals surface area contributed by atoms with Gasteiger partial charge in [-0.3, -0.25) is 14.5 Å². The molecule has 27 heavy (non-hydrogen) atoms. The number of nitrogens with one attached hydrogen (secondary N) is 1. The molecule has 3 rings (SSSR count). The smallest absolute Gasteiger partial charge is 0.239 e. The fraction of sp³-hybridized carbons (Fsp3) is 0.889. The van der Waals surface area contributed by atoms with Gasteiger partial charge >= 0.3 is 0 Å². The average molecular weight is 425 g/mol. The molecule has 2 saturated heterocycles. The monoisotopic (exact) mass is 424 g/mol. The quantitative estimate of drug-likeness (QED) is 0.686. The highest BCUT2D eigenvalue weighted by atomic mass is 35.5. The van der Waals surface area contributed by atoms with Gasteiger partial charge in [-0.05, 0) is 19.3 Å². The molecule has 2 aliphatic heterocycles. The second-order valence-corrected chi connectivity index (χ2v) is 7.75. The predicted octanol–water partition coefficient (Wildman–Crippen LogP) is 0.488. The van der Waals surface area contributed by atoms with Gasteiger partial charge in [0.25, 0.3) is 0 Å². The van der Waals surface area contributed by atoms with Gasteiger partial charge in [-0.15, -0.1) is 24.8 Å². The Labute approximate surface area is 174 Å². The van der Waals surface area contributed by atoms with Gasteiger partial charge in [-0.25, -0.2) is 0 Å². The summed E-state index contributed by atoms with van der Waals surface area (Å²) >= 11 is 0. The Balaban J connectivity index is 0.00000182. The van der Waals surface area contributed by atoms with Crippen molar-refractivity contribution >= 4 is 36.6 Å². The third kappa shape index (κ3) is 6.46. The van der Waals surface area contributed by atoms with Crippen molar-refractivity contribution in [1.82, 2.24) is 20.0 Å². The molecule has 2 atom stereocenters. The van der Waals surface area contributed by atoms with Crippen LogP contribution in [0.1, 0.15) is 38.5 Å². The summed E-state index contributed by atoms with van der Waals surface area (Å²) in [5.74, 6) is 0.286. The van der Waals surface area contributed by atoms with E-state index in [0.29, 0.717) is 38.6 Å². The molecule has 0 aromatic carbocycles. The average Bonchev–Trinajstić information content (AvgIpc) is 3.08. The van der Waals surface area contributed by atoms with E-state index in [2.05, 4.69) is 10.2 Å². The van der Waals surface area contributed by atoms with E-state index in [1.807, 2.05) is 16.8 Å². The van der Waals surface area contributed by atoms with Gasteiger partial charge < -0.3 is 20.2 Å². The number of amides is 2. The lowest BCUT2D eigenvalue weighted by Crippen LogP contribution is -2.55. The van der Waals surface area contributed by atoms with Crippen molar-refractivity contribution in [1.29, 1.82) is 0 Å². The number of hydrogen-bond acceptors (Lipinski definition) is 5. The molecule has 0 bridgehead atoms. The number of piperazine rings is 1. The molecule has 9 heteroatoms. The third-order valence-electron chi connectivity index (χ3n) is 5.96. The number of aliphatic hydroxyl groups excluding tert-OH is 1. The Bertz CT molecular complexity index is 483. The molecule has 2 amide bonds. The minimum Gasteiger partial charge on any atom is -0.392 e. The van der Waals surface area contributed by atoms with Gasteiger partial charge in [-0.1, -0.05) is 19.3 Å². The van der Waals surface area contributed by atoms with Crippen LogP contribution >= 0.6 is 24.8 Å². The first-order valence-electron chi connectivity index (χ1n) is 9.73. The van der Waals surface area contributed by atoms with Crippen molar-refractivity contribution in [2.45, 2.75) is 56.7 Å². The Kier molecular flexibility index (Phi) is 10.3. The Hall–Kier alpha value is -0.600. The fourth-order valence-corrected chi connectivity index (χ4v) is 4.23. The van der Waals surface area contributed by atoms with E-state index < -0.39 is 6.10 Å². The van der Waals surface area contributed by atoms with Crippen molar-refractivity contribution in [3.05, 3.63) is 0 Å². The van der Waals surface area contributed by atoms with Crippen LogP contribution in [-0.2, 0) is 9.59 Å². The summed E-state index contributed by atoms with van der Waals surface area (Å²) in [6.07, 6.45) is 6.10. The predicted molar refractivity (Wildman–Crippen MR) is 110 cm³/mol. The first-order chi connectivity index (χ1) is 12.0. The van der Waals surface area contributed by atoms with Crippen LogP contribution in [0.5, 0.6) is 0 Å². The maximum absolute atomic E-state index is 12.5. The molecule has 2 N–H and O–H groups in total. The van der Waals surface area contributed by atoms with E-state index in [1.54, 1.807) is 0 Å². The van der Waals surface area contributed by atoms with Crippen molar-refractivity contribution in [2.75, 3.05) is 46.3 Å². The largest absolute Gasteiger partial charge is 0.392 e. The first-order valence-corrected chi connectivity index (χ1v) is 9.73. The highest BCUT2D eigenvalue weighted by Gasteiger charge is 2.33. The molecule has 0 spiro atoms. The third-order valence-corrected chi connectivity index (χ3v) is 5.96. The molecule has 2 heterocycles. The fourth-order valence-electron chi connectivity index (χ4n) is 4.23. The SMILES string of the molecule is CN(C(=O)CN1CCN(C(=O)C2CC(O)CN2)CC1)C1CCCCC1.Cl.Cl. The number of carbonyl (C=O) groups excluding carboxylic acids is 2. The van der Waals surface area contributed by atoms with Gasteiger partial charge in [0, 0.05) is 45.8 Å². The van der Waals surface area contributed by atoms with Crippen LogP contribution in [0.2, 0.25) is 0 Å². The molecular weight excluding hydrogens is 391 g/mol. The number of β-amino-alcohol motifs (C(OH)–C–C–N with tert-alkyl or cyclic N) is 1. The van der Waals surface area contributed by atoms with Crippen molar-refractivity contribution in [3.63, 3.8) is 0 Å². The lowest BCUT2D eigenvalue weighted by molar-refractivity contribution is -0.137. The molecule has 0 aromatic heterocycles. The number of carbonyl (C=O) groups is 2. The molecule has 0 aromatic rings. The van der Waals surface area contributed by atoms with E-state index in [-0.39, 0.29) is 42.7 Å². The number of aliphatic hydroxyl groups is 1. The van der Waals surface area contributed by atoms with Gasteiger partial charge in [0.2, 0.25) is 11.8 Å². The zero-order valence-electron chi connectivity index (χ0n) is 16.1. The van der Waals surface area contributed by atoms with E-state index in [4.69, 9.17) is 0 Å². The van der Waals surface area contributed by atoms with Crippen molar-refractivity contribution < 1.29 is 14.7 Å². The lowest BCUT2D eigenvalue weighted by atomic mass is 9.94. The maximum atomic E-state index is 12.5. The van der Waals surface area contributed by atoms with Crippen molar-refractivity contribution in [2.24, 2.45) is 0 Å². The Morgan fingerprint density at radius 3 is 2.26 bits per heavy atom. The Morgan fingerprint density at radius 1 is 1.07 bits per heavy atom. The summed E-state index contributed by atoms with van der Waals surface area (Å²) in [5, 5.41) is 12.6. The van der Waals surface area contributed by atoms with E-state index in [1.165, 1.54) is 19.3 Å². The summed E-state index contributed by atoms with van der Waals surface area (Å²) in [4.78, 5) is 30.9. The van der Waals surface area contributed by atoms with Crippen LogP contribution in [0.4, 0.5) is 0 Å². The molecule has 3 aliphatic rings. The molecule has 0 radical (unpaired) electrons. The van der Waals surface area contributed by atoms with Crippen LogP contribution in [0, 0.1) is 0 Å². The summed E-state index contributed by atoms with van der Waals surface area (Å²) in [7, 11) is 1.94. The second kappa shape index (κ2) is 11.4. The van der Waals surface area contributed by atoms with Gasteiger partial charge in [-0.2, -0.15) is 0 Å². The minimum absolute atomic E-state index is 0. The van der Waals surface area contributed by atoms with Gasteiger partial charge in [0.05, 0.1) is 18.7 Å². The number of likely N-dealkylation sites (N-methyl/N-ethyl adjacent to an activating group) is 1. The van der Waals surface area contributed by atoms with Gasteiger partial charge in [0.15, 0.2) is 0 Å². The van der Waals surface area contributed by atoms with Gasteiger partial charge in [0.1, 0.15) is 0 Å². The molecule has 1 saturated carbocycles.